The van der Waals surface area contributed by atoms with Crippen LogP contribution < -0.4 is 0 Å². The van der Waals surface area contributed by atoms with Gasteiger partial charge >= 0.3 is 0 Å². The lowest BCUT2D eigenvalue weighted by Crippen LogP contribution is -2.33. The number of nitrogens with zero attached hydrogens (tertiary/aromatic N) is 3. The highest BCUT2D eigenvalue weighted by atomic mass is 31.2. The van der Waals surface area contributed by atoms with Gasteiger partial charge in [-0.2, -0.15) is 5.26 Å². The van der Waals surface area contributed by atoms with Crippen molar-refractivity contribution in [2.75, 3.05) is 13.2 Å². The van der Waals surface area contributed by atoms with Crippen molar-refractivity contribution in [2.45, 2.75) is 52.6 Å². The predicted molar refractivity (Wildman–Crippen MR) is 90.3 cm³/mol. The molecule has 0 N–H and O–H groups in total. The second-order valence-electron chi connectivity index (χ2n) is 5.82. The Balaban J connectivity index is 2.58. The van der Waals surface area contributed by atoms with Gasteiger partial charge in [0, 0.05) is 31.5 Å². The van der Waals surface area contributed by atoms with Crippen molar-refractivity contribution in [3.05, 3.63) is 24.0 Å². The van der Waals surface area contributed by atoms with Crippen LogP contribution in [0.15, 0.2) is 18.5 Å². The summed E-state index contributed by atoms with van der Waals surface area (Å²) < 4.78 is 16.2. The lowest BCUT2D eigenvalue weighted by molar-refractivity contribution is 0.177. The molecule has 5 nitrogen and oxygen atoms in total. The van der Waals surface area contributed by atoms with Gasteiger partial charge in [-0.3, -0.25) is 0 Å². The summed E-state index contributed by atoms with van der Waals surface area (Å²) in [4.78, 5) is 0. The Morgan fingerprint density at radius 2 is 1.86 bits per heavy atom. The summed E-state index contributed by atoms with van der Waals surface area (Å²) in [5.74, 6) is 0. The van der Waals surface area contributed by atoms with Gasteiger partial charge in [-0.15, -0.1) is 0 Å². The molecule has 0 radical (unpaired) electrons. The zero-order chi connectivity index (χ0) is 16.5. The minimum atomic E-state index is -1.13. The molecule has 1 unspecified atom stereocenters. The van der Waals surface area contributed by atoms with Gasteiger partial charge in [-0.05, 0) is 45.7 Å². The maximum Gasteiger partial charge on any atom is 0.259 e. The van der Waals surface area contributed by atoms with Crippen molar-refractivity contribution >= 4 is 8.53 Å². The minimum Gasteiger partial charge on any atom is -0.357 e. The number of nitriles is 1. The Morgan fingerprint density at radius 3 is 2.36 bits per heavy atom. The van der Waals surface area contributed by atoms with Crippen LogP contribution in [0.2, 0.25) is 0 Å². The predicted octanol–water partition coefficient (Wildman–Crippen LogP) is 3.86. The Bertz CT molecular complexity index is 460. The molecule has 1 heterocycles. The van der Waals surface area contributed by atoms with E-state index in [-0.39, 0.29) is 0 Å². The SMILES string of the molecule is CC(C)N(C(C)C)P(OCCC#N)OCCc1ccn(C)c1. The summed E-state index contributed by atoms with van der Waals surface area (Å²) >= 11 is 0. The highest BCUT2D eigenvalue weighted by molar-refractivity contribution is 7.44. The van der Waals surface area contributed by atoms with Crippen LogP contribution in [0.25, 0.3) is 0 Å². The van der Waals surface area contributed by atoms with Gasteiger partial charge in [0.25, 0.3) is 8.53 Å². The summed E-state index contributed by atoms with van der Waals surface area (Å²) in [7, 11) is 0.887. The van der Waals surface area contributed by atoms with Crippen LogP contribution >= 0.6 is 8.53 Å². The molecule has 0 saturated heterocycles. The molecule has 0 bridgehead atoms. The number of hydrogen-bond acceptors (Lipinski definition) is 4. The second-order valence-corrected chi connectivity index (χ2v) is 7.27. The first-order valence-electron chi connectivity index (χ1n) is 7.77. The fourth-order valence-corrected chi connectivity index (χ4v) is 3.85. The van der Waals surface area contributed by atoms with Crippen molar-refractivity contribution < 1.29 is 9.05 Å². The highest BCUT2D eigenvalue weighted by Crippen LogP contribution is 2.45. The molecule has 0 amide bonds. The van der Waals surface area contributed by atoms with E-state index in [1.54, 1.807) is 0 Å². The first kappa shape index (κ1) is 19.1. The zero-order valence-corrected chi connectivity index (χ0v) is 15.2. The monoisotopic (exact) mass is 325 g/mol. The van der Waals surface area contributed by atoms with Crippen molar-refractivity contribution in [2.24, 2.45) is 7.05 Å². The Morgan fingerprint density at radius 1 is 1.23 bits per heavy atom. The first-order valence-corrected chi connectivity index (χ1v) is 8.90. The van der Waals surface area contributed by atoms with Gasteiger partial charge in [-0.1, -0.05) is 0 Å². The van der Waals surface area contributed by atoms with Crippen LogP contribution in [-0.2, 0) is 22.5 Å². The summed E-state index contributed by atoms with van der Waals surface area (Å²) in [5.41, 5.74) is 1.26. The molecule has 0 aromatic carbocycles. The molecule has 0 fully saturated rings. The second kappa shape index (κ2) is 9.97. The third-order valence-corrected chi connectivity index (χ3v) is 5.26. The molecule has 1 rings (SSSR count). The summed E-state index contributed by atoms with van der Waals surface area (Å²) in [6, 6.07) is 4.89. The molecule has 1 aromatic heterocycles. The molecule has 1 aromatic rings. The van der Waals surface area contributed by atoms with Gasteiger partial charge in [0.05, 0.1) is 25.7 Å². The van der Waals surface area contributed by atoms with E-state index < -0.39 is 8.53 Å². The molecule has 124 valence electrons. The van der Waals surface area contributed by atoms with Crippen molar-refractivity contribution in [1.29, 1.82) is 5.26 Å². The van der Waals surface area contributed by atoms with E-state index in [4.69, 9.17) is 14.3 Å². The number of aromatic nitrogens is 1. The maximum absolute atomic E-state index is 8.68. The van der Waals surface area contributed by atoms with Crippen LogP contribution in [0.3, 0.4) is 0 Å². The summed E-state index contributed by atoms with van der Waals surface area (Å²) in [5, 5.41) is 8.68. The molecule has 22 heavy (non-hydrogen) atoms. The highest BCUT2D eigenvalue weighted by Gasteiger charge is 2.26. The smallest absolute Gasteiger partial charge is 0.259 e. The average molecular weight is 325 g/mol. The third kappa shape index (κ3) is 6.46. The maximum atomic E-state index is 8.68. The number of rotatable bonds is 10. The Labute approximate surface area is 135 Å². The van der Waals surface area contributed by atoms with Crippen molar-refractivity contribution in [1.82, 2.24) is 9.24 Å². The molecular weight excluding hydrogens is 297 g/mol. The first-order chi connectivity index (χ1) is 10.5. The van der Waals surface area contributed by atoms with Crippen LogP contribution in [0.1, 0.15) is 39.7 Å². The van der Waals surface area contributed by atoms with Crippen LogP contribution in [-0.4, -0.2) is 34.5 Å². The van der Waals surface area contributed by atoms with Crippen molar-refractivity contribution in [3.63, 3.8) is 0 Å². The van der Waals surface area contributed by atoms with Gasteiger partial charge in [0.2, 0.25) is 0 Å². The fraction of sp³-hybridized carbons (Fsp3) is 0.688. The van der Waals surface area contributed by atoms with Gasteiger partial charge in [-0.25, -0.2) is 4.67 Å². The van der Waals surface area contributed by atoms with E-state index in [0.29, 0.717) is 31.7 Å². The molecule has 0 aliphatic carbocycles. The molecular formula is C16H28N3O2P. The summed E-state index contributed by atoms with van der Waals surface area (Å²) in [6.07, 6.45) is 5.40. The molecule has 0 aliphatic rings. The van der Waals surface area contributed by atoms with E-state index in [2.05, 4.69) is 50.7 Å². The van der Waals surface area contributed by atoms with Gasteiger partial charge in [0.1, 0.15) is 0 Å². The molecule has 0 aliphatic heterocycles. The number of hydrogen-bond donors (Lipinski definition) is 0. The van der Waals surface area contributed by atoms with Crippen LogP contribution in [0, 0.1) is 11.3 Å². The quantitative estimate of drug-likeness (QED) is 0.484. The Kier molecular flexibility index (Phi) is 8.67. The van der Waals surface area contributed by atoms with E-state index in [1.807, 2.05) is 17.8 Å². The van der Waals surface area contributed by atoms with Crippen molar-refractivity contribution in [3.8, 4) is 6.07 Å². The fourth-order valence-electron chi connectivity index (χ4n) is 2.26. The zero-order valence-electron chi connectivity index (χ0n) is 14.3. The van der Waals surface area contributed by atoms with Crippen LogP contribution in [0.5, 0.6) is 0 Å². The molecule has 0 spiro atoms. The Hall–Kier alpha value is -0.920. The molecule has 6 heteroatoms. The topological polar surface area (TPSA) is 50.4 Å². The molecule has 1 atom stereocenters. The lowest BCUT2D eigenvalue weighted by Gasteiger charge is -2.35. The standard InChI is InChI=1S/C16H28N3O2P/c1-14(2)19(15(3)4)22(20-11-6-9-17)21-12-8-16-7-10-18(5)13-16/h7,10,13-15H,6,8,11-12H2,1-5H3. The third-order valence-electron chi connectivity index (χ3n) is 3.15. The molecule has 0 saturated carbocycles. The van der Waals surface area contributed by atoms with Gasteiger partial charge < -0.3 is 13.6 Å². The van der Waals surface area contributed by atoms with E-state index in [1.165, 1.54) is 5.56 Å². The summed E-state index contributed by atoms with van der Waals surface area (Å²) in [6.45, 7) is 9.61. The van der Waals surface area contributed by atoms with Crippen LogP contribution in [0.4, 0.5) is 0 Å². The number of aryl methyl sites for hydroxylation is 1. The lowest BCUT2D eigenvalue weighted by atomic mass is 10.3. The minimum absolute atomic E-state index is 0.338. The van der Waals surface area contributed by atoms with E-state index in [9.17, 15) is 0 Å². The van der Waals surface area contributed by atoms with E-state index in [0.717, 1.165) is 6.42 Å². The normalized spacial score (nSPS) is 13.0. The van der Waals surface area contributed by atoms with Gasteiger partial charge in [0.15, 0.2) is 0 Å². The van der Waals surface area contributed by atoms with E-state index >= 15 is 0 Å². The largest absolute Gasteiger partial charge is 0.357 e. The average Bonchev–Trinajstić information content (AvgIpc) is 2.83.